The van der Waals surface area contributed by atoms with Gasteiger partial charge in [0.2, 0.25) is 8.32 Å². The van der Waals surface area contributed by atoms with Crippen LogP contribution in [0.25, 0.3) is 0 Å². The highest BCUT2D eigenvalue weighted by Crippen LogP contribution is 2.49. The number of para-hydroxylation sites is 1. The number of hydrogen-bond donors (Lipinski definition) is 0. The molecule has 4 heteroatoms. The maximum absolute atomic E-state index is 6.58. The van der Waals surface area contributed by atoms with Gasteiger partial charge in [0.15, 0.2) is 0 Å². The molecular formula is C22H32O2Si2. The van der Waals surface area contributed by atoms with Gasteiger partial charge in [-0.25, -0.2) is 0 Å². The molecule has 1 heterocycles. The molecule has 3 rings (SSSR count). The molecule has 1 atom stereocenters. The fourth-order valence-electron chi connectivity index (χ4n) is 3.39. The first kappa shape index (κ1) is 19.2. The van der Waals surface area contributed by atoms with Crippen LogP contribution in [0.3, 0.4) is 0 Å². The molecule has 0 amide bonds. The van der Waals surface area contributed by atoms with Gasteiger partial charge in [0.25, 0.3) is 0 Å². The van der Waals surface area contributed by atoms with Crippen LogP contribution in [0.1, 0.15) is 37.4 Å². The molecule has 0 aromatic heterocycles. The van der Waals surface area contributed by atoms with E-state index in [0.717, 1.165) is 17.2 Å². The van der Waals surface area contributed by atoms with E-state index in [9.17, 15) is 0 Å². The van der Waals surface area contributed by atoms with Gasteiger partial charge in [0.05, 0.1) is 8.07 Å². The van der Waals surface area contributed by atoms with Crippen LogP contribution < -0.4 is 9.16 Å². The molecule has 2 aromatic carbocycles. The zero-order valence-corrected chi connectivity index (χ0v) is 19.4. The summed E-state index contributed by atoms with van der Waals surface area (Å²) in [5.74, 6) is 2.98. The number of rotatable bonds is 3. The van der Waals surface area contributed by atoms with Gasteiger partial charge in [-0.15, -0.1) is 0 Å². The first-order chi connectivity index (χ1) is 11.9. The molecule has 0 bridgehead atoms. The predicted octanol–water partition coefficient (Wildman–Crippen LogP) is 7.19. The summed E-state index contributed by atoms with van der Waals surface area (Å²) in [4.78, 5) is 0. The number of fused-ring (bicyclic) bond motifs is 2. The third kappa shape index (κ3) is 3.49. The van der Waals surface area contributed by atoms with Crippen LogP contribution in [0, 0.1) is 0 Å². The van der Waals surface area contributed by atoms with Crippen molar-refractivity contribution < 1.29 is 9.16 Å². The van der Waals surface area contributed by atoms with E-state index in [2.05, 4.69) is 96.0 Å². The smallest absolute Gasteiger partial charge is 0.250 e. The van der Waals surface area contributed by atoms with Crippen molar-refractivity contribution in [3.05, 3.63) is 53.6 Å². The van der Waals surface area contributed by atoms with Crippen molar-refractivity contribution in [2.24, 2.45) is 0 Å². The largest absolute Gasteiger partial charge is 0.543 e. The first-order valence-corrected chi connectivity index (χ1v) is 16.0. The van der Waals surface area contributed by atoms with Crippen LogP contribution in [0.5, 0.6) is 17.2 Å². The Kier molecular flexibility index (Phi) is 4.64. The van der Waals surface area contributed by atoms with Gasteiger partial charge in [-0.05, 0) is 48.0 Å². The highest BCUT2D eigenvalue weighted by atomic mass is 28.4. The van der Waals surface area contributed by atoms with E-state index in [1.54, 1.807) is 0 Å². The topological polar surface area (TPSA) is 18.5 Å². The maximum atomic E-state index is 6.58. The van der Waals surface area contributed by atoms with Gasteiger partial charge < -0.3 is 9.16 Å². The van der Waals surface area contributed by atoms with Gasteiger partial charge in [-0.1, -0.05) is 58.6 Å². The number of ether oxygens (including phenoxy) is 1. The van der Waals surface area contributed by atoms with Gasteiger partial charge in [0.1, 0.15) is 17.2 Å². The third-order valence-corrected chi connectivity index (χ3v) is 12.5. The van der Waals surface area contributed by atoms with Crippen molar-refractivity contribution >= 4 is 16.4 Å². The summed E-state index contributed by atoms with van der Waals surface area (Å²) in [6.45, 7) is 18.7. The van der Waals surface area contributed by atoms with E-state index in [4.69, 9.17) is 9.16 Å². The molecule has 0 aliphatic carbocycles. The normalized spacial score (nSPS) is 17.2. The Labute approximate surface area is 160 Å². The fourth-order valence-corrected chi connectivity index (χ4v) is 6.74. The number of hydrogen-bond acceptors (Lipinski definition) is 2. The minimum Gasteiger partial charge on any atom is -0.543 e. The van der Waals surface area contributed by atoms with Crippen molar-refractivity contribution in [2.45, 2.75) is 64.1 Å². The molecule has 0 saturated heterocycles. The van der Waals surface area contributed by atoms with Crippen molar-refractivity contribution in [1.82, 2.24) is 0 Å². The summed E-state index contributed by atoms with van der Waals surface area (Å²) in [7, 11) is -3.36. The summed E-state index contributed by atoms with van der Waals surface area (Å²) < 4.78 is 12.8. The lowest BCUT2D eigenvalue weighted by Gasteiger charge is -2.38. The van der Waals surface area contributed by atoms with E-state index in [1.807, 2.05) is 0 Å². The van der Waals surface area contributed by atoms with Gasteiger partial charge in [-0.2, -0.15) is 0 Å². The Morgan fingerprint density at radius 1 is 0.846 bits per heavy atom. The molecule has 2 aromatic rings. The molecule has 0 N–H and O–H groups in total. The summed E-state index contributed by atoms with van der Waals surface area (Å²) in [6.07, 6.45) is 0. The van der Waals surface area contributed by atoms with Crippen LogP contribution in [0.4, 0.5) is 0 Å². The predicted molar refractivity (Wildman–Crippen MR) is 116 cm³/mol. The van der Waals surface area contributed by atoms with Crippen molar-refractivity contribution in [3.63, 3.8) is 0 Å². The SMILES string of the molecule is CC(C)(C)[Si](C)(C)Oc1ccc2c(c1)C([Si](C)(C)C)c1ccccc1O2. The Bertz CT molecular complexity index is 814. The zero-order chi connectivity index (χ0) is 19.3. The average molecular weight is 385 g/mol. The van der Waals surface area contributed by atoms with Crippen molar-refractivity contribution in [1.29, 1.82) is 0 Å². The van der Waals surface area contributed by atoms with Gasteiger partial charge >= 0.3 is 0 Å². The van der Waals surface area contributed by atoms with Gasteiger partial charge in [-0.3, -0.25) is 0 Å². The maximum Gasteiger partial charge on any atom is 0.250 e. The van der Waals surface area contributed by atoms with Crippen LogP contribution in [0.2, 0.25) is 37.8 Å². The Balaban J connectivity index is 2.06. The molecule has 140 valence electrons. The number of benzene rings is 2. The lowest BCUT2D eigenvalue weighted by atomic mass is 9.99. The second-order valence-electron chi connectivity index (χ2n) is 10.0. The van der Waals surface area contributed by atoms with E-state index in [1.165, 1.54) is 11.1 Å². The molecule has 0 spiro atoms. The standard InChI is InChI=1S/C22H32O2Si2/c1-22(2,3)26(7,8)24-16-13-14-20-18(15-16)21(25(4,5)6)17-11-9-10-12-19(17)23-20/h9-15,21H,1-8H3. The van der Waals surface area contributed by atoms with Crippen molar-refractivity contribution in [2.75, 3.05) is 0 Å². The molecule has 0 fully saturated rings. The molecule has 0 radical (unpaired) electrons. The zero-order valence-electron chi connectivity index (χ0n) is 17.4. The minimum absolute atomic E-state index is 0.185. The molecule has 1 unspecified atom stereocenters. The van der Waals surface area contributed by atoms with Crippen LogP contribution >= 0.6 is 0 Å². The third-order valence-electron chi connectivity index (χ3n) is 5.79. The molecule has 0 saturated carbocycles. The molecular weight excluding hydrogens is 352 g/mol. The van der Waals surface area contributed by atoms with E-state index >= 15 is 0 Å². The monoisotopic (exact) mass is 384 g/mol. The molecule has 1 aliphatic heterocycles. The van der Waals surface area contributed by atoms with Crippen molar-refractivity contribution in [3.8, 4) is 17.2 Å². The second kappa shape index (κ2) is 6.27. The first-order valence-electron chi connectivity index (χ1n) is 9.50. The summed E-state index contributed by atoms with van der Waals surface area (Å²) >= 11 is 0. The van der Waals surface area contributed by atoms with Crippen LogP contribution in [-0.4, -0.2) is 16.4 Å². The summed E-state index contributed by atoms with van der Waals surface area (Å²) in [6, 6.07) is 14.9. The Hall–Kier alpha value is -1.53. The fraction of sp³-hybridized carbons (Fsp3) is 0.455. The van der Waals surface area contributed by atoms with Crippen LogP contribution in [-0.2, 0) is 0 Å². The lowest BCUT2D eigenvalue weighted by Crippen LogP contribution is -2.44. The minimum atomic E-state index is -1.86. The summed E-state index contributed by atoms with van der Waals surface area (Å²) in [5.41, 5.74) is 3.04. The van der Waals surface area contributed by atoms with E-state index < -0.39 is 16.4 Å². The average Bonchev–Trinajstić information content (AvgIpc) is 2.50. The van der Waals surface area contributed by atoms with Crippen LogP contribution in [0.15, 0.2) is 42.5 Å². The Morgan fingerprint density at radius 3 is 2.08 bits per heavy atom. The van der Waals surface area contributed by atoms with Gasteiger partial charge in [0, 0.05) is 11.1 Å². The van der Waals surface area contributed by atoms with E-state index in [0.29, 0.717) is 5.54 Å². The second-order valence-corrected chi connectivity index (χ2v) is 20.0. The molecule has 1 aliphatic rings. The highest BCUT2D eigenvalue weighted by Gasteiger charge is 2.40. The lowest BCUT2D eigenvalue weighted by molar-refractivity contribution is 0.451. The molecule has 2 nitrogen and oxygen atoms in total. The summed E-state index contributed by atoms with van der Waals surface area (Å²) in [5, 5.41) is 0.185. The highest BCUT2D eigenvalue weighted by molar-refractivity contribution is 6.78. The quantitative estimate of drug-likeness (QED) is 0.521. The van der Waals surface area contributed by atoms with E-state index in [-0.39, 0.29) is 5.04 Å². The Morgan fingerprint density at radius 2 is 1.46 bits per heavy atom. The molecule has 26 heavy (non-hydrogen) atoms.